The molecule has 2 heteroatoms. The molecule has 4 fully saturated rings. The standard InChI is InChI=1S/C23H38O2/c1-22-13-5-4-6-16(22)7-8-17-18-9-10-20(21(24)12-15-25-3)23(18,2)14-11-19(17)22/h16-20H,4-15H2,1-3H3/t16-,17+,18+,19+,20-,22+,23+/m1/s1. The van der Waals surface area contributed by atoms with Gasteiger partial charge >= 0.3 is 0 Å². The molecule has 0 bridgehead atoms. The van der Waals surface area contributed by atoms with Crippen molar-refractivity contribution < 1.29 is 9.53 Å². The topological polar surface area (TPSA) is 26.3 Å². The summed E-state index contributed by atoms with van der Waals surface area (Å²) >= 11 is 0. The SMILES string of the molecule is COCCC(=O)[C@H]1CC[C@H]2[C@@H]3CC[C@H]4CCCC[C@]4(C)[C@H]3CC[C@]12C. The molecule has 4 aliphatic carbocycles. The number of fused-ring (bicyclic) bond motifs is 5. The zero-order chi connectivity index (χ0) is 17.7. The average Bonchev–Trinajstić information content (AvgIpc) is 2.96. The number of hydrogen-bond acceptors (Lipinski definition) is 2. The van der Waals surface area contributed by atoms with Gasteiger partial charge in [-0.15, -0.1) is 0 Å². The van der Waals surface area contributed by atoms with Crippen LogP contribution >= 0.6 is 0 Å². The van der Waals surface area contributed by atoms with E-state index in [2.05, 4.69) is 13.8 Å². The van der Waals surface area contributed by atoms with Gasteiger partial charge in [-0.25, -0.2) is 0 Å². The van der Waals surface area contributed by atoms with Crippen LogP contribution in [0, 0.1) is 40.4 Å². The lowest BCUT2D eigenvalue weighted by Gasteiger charge is -2.60. The van der Waals surface area contributed by atoms with Gasteiger partial charge in [0.2, 0.25) is 0 Å². The largest absolute Gasteiger partial charge is 0.384 e. The first kappa shape index (κ1) is 18.0. The van der Waals surface area contributed by atoms with Gasteiger partial charge in [0, 0.05) is 19.4 Å². The Morgan fingerprint density at radius 3 is 2.52 bits per heavy atom. The fourth-order valence-corrected chi connectivity index (χ4v) is 8.20. The first-order valence-corrected chi connectivity index (χ1v) is 11.0. The van der Waals surface area contributed by atoms with Crippen LogP contribution in [0.25, 0.3) is 0 Å². The molecule has 4 saturated carbocycles. The van der Waals surface area contributed by atoms with Gasteiger partial charge in [-0.3, -0.25) is 4.79 Å². The van der Waals surface area contributed by atoms with E-state index in [4.69, 9.17) is 4.74 Å². The minimum Gasteiger partial charge on any atom is -0.384 e. The van der Waals surface area contributed by atoms with E-state index in [1.165, 1.54) is 57.8 Å². The molecule has 0 aromatic rings. The molecule has 0 aromatic heterocycles. The maximum atomic E-state index is 12.8. The van der Waals surface area contributed by atoms with E-state index >= 15 is 0 Å². The van der Waals surface area contributed by atoms with Crippen LogP contribution in [0.1, 0.15) is 84.5 Å². The molecule has 0 aliphatic heterocycles. The molecule has 0 spiro atoms. The molecular weight excluding hydrogens is 308 g/mol. The highest BCUT2D eigenvalue weighted by Gasteiger charge is 2.60. The molecule has 4 aliphatic rings. The third kappa shape index (κ3) is 2.73. The summed E-state index contributed by atoms with van der Waals surface area (Å²) in [5, 5.41) is 0. The van der Waals surface area contributed by atoms with Gasteiger partial charge in [0.1, 0.15) is 5.78 Å². The monoisotopic (exact) mass is 346 g/mol. The summed E-state index contributed by atoms with van der Waals surface area (Å²) in [7, 11) is 1.71. The Morgan fingerprint density at radius 1 is 0.920 bits per heavy atom. The van der Waals surface area contributed by atoms with Crippen LogP contribution in [0.4, 0.5) is 0 Å². The smallest absolute Gasteiger partial charge is 0.138 e. The minimum absolute atomic E-state index is 0.282. The Balaban J connectivity index is 1.54. The lowest BCUT2D eigenvalue weighted by Crippen LogP contribution is -2.53. The maximum Gasteiger partial charge on any atom is 0.138 e. The Bertz CT molecular complexity index is 514. The molecule has 0 radical (unpaired) electrons. The number of carbonyl (C=O) groups is 1. The third-order valence-corrected chi connectivity index (χ3v) is 9.52. The molecule has 142 valence electrons. The first-order chi connectivity index (χ1) is 12.0. The van der Waals surface area contributed by atoms with Crippen molar-refractivity contribution in [3.63, 3.8) is 0 Å². The van der Waals surface area contributed by atoms with Crippen molar-refractivity contribution in [2.24, 2.45) is 40.4 Å². The predicted molar refractivity (Wildman–Crippen MR) is 101 cm³/mol. The second-order valence-electron chi connectivity index (χ2n) is 10.3. The predicted octanol–water partition coefficient (Wildman–Crippen LogP) is 5.64. The molecule has 0 heterocycles. The zero-order valence-corrected chi connectivity index (χ0v) is 16.7. The van der Waals surface area contributed by atoms with E-state index in [9.17, 15) is 4.79 Å². The summed E-state index contributed by atoms with van der Waals surface area (Å²) in [4.78, 5) is 12.8. The van der Waals surface area contributed by atoms with Gasteiger partial charge in [-0.05, 0) is 85.9 Å². The average molecular weight is 347 g/mol. The highest BCUT2D eigenvalue weighted by Crippen LogP contribution is 2.67. The van der Waals surface area contributed by atoms with Crippen molar-refractivity contribution in [2.75, 3.05) is 13.7 Å². The number of methoxy groups -OCH3 is 1. The van der Waals surface area contributed by atoms with Gasteiger partial charge in [0.05, 0.1) is 6.61 Å². The van der Waals surface area contributed by atoms with Gasteiger partial charge in [-0.2, -0.15) is 0 Å². The van der Waals surface area contributed by atoms with Crippen molar-refractivity contribution in [2.45, 2.75) is 84.5 Å². The number of ether oxygens (including phenoxy) is 1. The highest BCUT2D eigenvalue weighted by molar-refractivity contribution is 5.82. The fraction of sp³-hybridized carbons (Fsp3) is 0.957. The Kier molecular flexibility index (Phi) is 4.80. The van der Waals surface area contributed by atoms with Crippen LogP contribution in [-0.2, 0) is 9.53 Å². The van der Waals surface area contributed by atoms with E-state index in [-0.39, 0.29) is 5.41 Å². The van der Waals surface area contributed by atoms with Crippen LogP contribution in [0.3, 0.4) is 0 Å². The number of Topliss-reactive ketones (excluding diaryl/α,β-unsaturated/α-hetero) is 1. The third-order valence-electron chi connectivity index (χ3n) is 9.52. The summed E-state index contributed by atoms with van der Waals surface area (Å²) in [6.07, 6.45) is 14.6. The van der Waals surface area contributed by atoms with E-state index in [1.54, 1.807) is 7.11 Å². The van der Waals surface area contributed by atoms with Crippen LogP contribution in [-0.4, -0.2) is 19.5 Å². The maximum absolute atomic E-state index is 12.8. The van der Waals surface area contributed by atoms with Crippen LogP contribution in [0.5, 0.6) is 0 Å². The quantitative estimate of drug-likeness (QED) is 0.658. The molecule has 0 aromatic carbocycles. The highest BCUT2D eigenvalue weighted by atomic mass is 16.5. The second kappa shape index (κ2) is 6.66. The summed E-state index contributed by atoms with van der Waals surface area (Å²) < 4.78 is 5.18. The fourth-order valence-electron chi connectivity index (χ4n) is 8.20. The number of ketones is 1. The Morgan fingerprint density at radius 2 is 1.72 bits per heavy atom. The molecule has 0 unspecified atom stereocenters. The van der Waals surface area contributed by atoms with E-state index in [0.717, 1.165) is 30.1 Å². The molecule has 4 rings (SSSR count). The van der Waals surface area contributed by atoms with E-state index in [1.807, 2.05) is 0 Å². The van der Waals surface area contributed by atoms with Gasteiger partial charge in [0.15, 0.2) is 0 Å². The molecule has 7 atom stereocenters. The van der Waals surface area contributed by atoms with Gasteiger partial charge < -0.3 is 4.74 Å². The number of rotatable bonds is 4. The second-order valence-corrected chi connectivity index (χ2v) is 10.3. The first-order valence-electron chi connectivity index (χ1n) is 11.0. The molecule has 0 saturated heterocycles. The molecule has 0 N–H and O–H groups in total. The number of carbonyl (C=O) groups excluding carboxylic acids is 1. The van der Waals surface area contributed by atoms with Gasteiger partial charge in [0.25, 0.3) is 0 Å². The van der Waals surface area contributed by atoms with Crippen LogP contribution in [0.2, 0.25) is 0 Å². The lowest BCUT2D eigenvalue weighted by atomic mass is 9.45. The molecular formula is C23H38O2. The van der Waals surface area contributed by atoms with Crippen molar-refractivity contribution in [3.05, 3.63) is 0 Å². The normalized spacial score (nSPS) is 49.2. The van der Waals surface area contributed by atoms with Crippen molar-refractivity contribution >= 4 is 5.78 Å². The summed E-state index contributed by atoms with van der Waals surface area (Å²) in [6, 6.07) is 0. The summed E-state index contributed by atoms with van der Waals surface area (Å²) in [5.74, 6) is 4.44. The summed E-state index contributed by atoms with van der Waals surface area (Å²) in [5.41, 5.74) is 0.893. The van der Waals surface area contributed by atoms with Crippen molar-refractivity contribution in [1.82, 2.24) is 0 Å². The van der Waals surface area contributed by atoms with Crippen LogP contribution in [0.15, 0.2) is 0 Å². The van der Waals surface area contributed by atoms with Crippen LogP contribution < -0.4 is 0 Å². The molecule has 2 nitrogen and oxygen atoms in total. The van der Waals surface area contributed by atoms with Gasteiger partial charge in [-0.1, -0.05) is 26.7 Å². The molecule has 0 amide bonds. The van der Waals surface area contributed by atoms with E-state index in [0.29, 0.717) is 30.1 Å². The molecule has 25 heavy (non-hydrogen) atoms. The van der Waals surface area contributed by atoms with Crippen molar-refractivity contribution in [3.8, 4) is 0 Å². The van der Waals surface area contributed by atoms with E-state index < -0.39 is 0 Å². The van der Waals surface area contributed by atoms with Crippen molar-refractivity contribution in [1.29, 1.82) is 0 Å². The minimum atomic E-state index is 0.282. The Hall–Kier alpha value is -0.370. The lowest BCUT2D eigenvalue weighted by molar-refractivity contribution is -0.136. The number of hydrogen-bond donors (Lipinski definition) is 0. The summed E-state index contributed by atoms with van der Waals surface area (Å²) in [6.45, 7) is 5.72. The zero-order valence-electron chi connectivity index (χ0n) is 16.7. The Labute approximate surface area is 154 Å².